The van der Waals surface area contributed by atoms with Crippen LogP contribution in [0.5, 0.6) is 0 Å². The van der Waals surface area contributed by atoms with Crippen LogP contribution in [0.1, 0.15) is 5.56 Å². The van der Waals surface area contributed by atoms with Crippen molar-refractivity contribution >= 4 is 21.2 Å². The Morgan fingerprint density at radius 1 is 1.22 bits per heavy atom. The molecule has 0 fully saturated rings. The van der Waals surface area contributed by atoms with Crippen molar-refractivity contribution in [1.29, 1.82) is 0 Å². The first-order valence-electron chi connectivity index (χ1n) is 2.87. The van der Waals surface area contributed by atoms with Crippen LogP contribution in [0, 0.1) is 0 Å². The SMILES string of the molecule is NCc1ccc([AsH2])cc1. The molecule has 1 aromatic carbocycles. The van der Waals surface area contributed by atoms with E-state index in [0.717, 1.165) is 0 Å². The van der Waals surface area contributed by atoms with Crippen LogP contribution < -0.4 is 10.1 Å². The summed E-state index contributed by atoms with van der Waals surface area (Å²) in [6.07, 6.45) is 0. The first kappa shape index (κ1) is 6.85. The molecule has 0 amide bonds. The van der Waals surface area contributed by atoms with E-state index in [1.807, 2.05) is 0 Å². The predicted molar refractivity (Wildman–Crippen MR) is 42.5 cm³/mol. The zero-order chi connectivity index (χ0) is 6.69. The molecule has 2 N–H and O–H groups in total. The van der Waals surface area contributed by atoms with Crippen LogP contribution >= 0.6 is 0 Å². The minimum absolute atomic E-state index is 0.646. The first-order chi connectivity index (χ1) is 4.33. The van der Waals surface area contributed by atoms with Crippen LogP contribution in [-0.4, -0.2) is 16.9 Å². The van der Waals surface area contributed by atoms with Gasteiger partial charge in [-0.15, -0.1) is 0 Å². The van der Waals surface area contributed by atoms with Crippen molar-refractivity contribution in [3.05, 3.63) is 29.8 Å². The van der Waals surface area contributed by atoms with Crippen LogP contribution in [0.25, 0.3) is 0 Å². The van der Waals surface area contributed by atoms with E-state index in [1.54, 1.807) is 16.9 Å². The van der Waals surface area contributed by atoms with Gasteiger partial charge in [-0.2, -0.15) is 0 Å². The maximum absolute atomic E-state index is 5.40. The Bertz CT molecular complexity index is 181. The number of hydrogen-bond donors (Lipinski definition) is 1. The van der Waals surface area contributed by atoms with Gasteiger partial charge in [0.1, 0.15) is 0 Å². The Kier molecular flexibility index (Phi) is 2.32. The predicted octanol–water partition coefficient (Wildman–Crippen LogP) is -0.596. The Labute approximate surface area is 63.8 Å². The van der Waals surface area contributed by atoms with Crippen molar-refractivity contribution in [3.8, 4) is 0 Å². The molecule has 2 heteroatoms. The second-order valence-electron chi connectivity index (χ2n) is 1.95. The third-order valence-electron chi connectivity index (χ3n) is 1.22. The van der Waals surface area contributed by atoms with Crippen LogP contribution in [0.4, 0.5) is 0 Å². The molecule has 0 bridgehead atoms. The second kappa shape index (κ2) is 3.05. The van der Waals surface area contributed by atoms with Crippen molar-refractivity contribution in [3.63, 3.8) is 0 Å². The second-order valence-corrected chi connectivity index (χ2v) is 3.34. The third kappa shape index (κ3) is 1.85. The molecule has 0 saturated heterocycles. The molecule has 1 atom stereocenters. The molecule has 1 aromatic rings. The van der Waals surface area contributed by atoms with Crippen molar-refractivity contribution in [1.82, 2.24) is 0 Å². The molecule has 48 valence electrons. The Morgan fingerprint density at radius 3 is 2.22 bits per heavy atom. The molecule has 0 aliphatic rings. The number of rotatable bonds is 1. The molecule has 0 saturated carbocycles. The summed E-state index contributed by atoms with van der Waals surface area (Å²) in [6.45, 7) is 0.646. The normalized spacial score (nSPS) is 9.56. The van der Waals surface area contributed by atoms with Gasteiger partial charge in [0.2, 0.25) is 0 Å². The van der Waals surface area contributed by atoms with Crippen molar-refractivity contribution < 1.29 is 0 Å². The van der Waals surface area contributed by atoms with Gasteiger partial charge in [-0.3, -0.25) is 0 Å². The molecular weight excluding hydrogens is 173 g/mol. The Morgan fingerprint density at radius 2 is 1.78 bits per heavy atom. The van der Waals surface area contributed by atoms with E-state index in [1.165, 1.54) is 9.91 Å². The van der Waals surface area contributed by atoms with Gasteiger partial charge in [-0.25, -0.2) is 0 Å². The molecule has 9 heavy (non-hydrogen) atoms. The summed E-state index contributed by atoms with van der Waals surface area (Å²) in [4.78, 5) is 0. The molecule has 0 spiro atoms. The average Bonchev–Trinajstić information content (AvgIpc) is 1.90. The molecule has 1 rings (SSSR count). The van der Waals surface area contributed by atoms with Crippen LogP contribution in [0.2, 0.25) is 0 Å². The van der Waals surface area contributed by atoms with E-state index in [0.29, 0.717) is 6.54 Å². The molecule has 0 aliphatic carbocycles. The minimum atomic E-state index is 0.646. The number of hydrogen-bond acceptors (Lipinski definition) is 1. The quantitative estimate of drug-likeness (QED) is 0.578. The van der Waals surface area contributed by atoms with Gasteiger partial charge in [-0.05, 0) is 0 Å². The van der Waals surface area contributed by atoms with E-state index in [-0.39, 0.29) is 0 Å². The summed E-state index contributed by atoms with van der Waals surface area (Å²) in [5.41, 5.74) is 6.61. The average molecular weight is 183 g/mol. The molecule has 0 heterocycles. The molecule has 0 aliphatic heterocycles. The third-order valence-corrected chi connectivity index (χ3v) is 2.02. The maximum atomic E-state index is 5.40. The van der Waals surface area contributed by atoms with Gasteiger partial charge in [0.25, 0.3) is 0 Å². The molecule has 1 nitrogen and oxygen atoms in total. The summed E-state index contributed by atoms with van der Waals surface area (Å²) >= 11 is 1.65. The molecular formula is C7H10AsN. The first-order valence-corrected chi connectivity index (χ1v) is 4.08. The monoisotopic (exact) mass is 183 g/mol. The van der Waals surface area contributed by atoms with E-state index in [4.69, 9.17) is 5.73 Å². The van der Waals surface area contributed by atoms with Crippen molar-refractivity contribution in [2.24, 2.45) is 5.73 Å². The van der Waals surface area contributed by atoms with Gasteiger partial charge in [0.05, 0.1) is 0 Å². The summed E-state index contributed by atoms with van der Waals surface area (Å²) in [5.74, 6) is 0. The van der Waals surface area contributed by atoms with Crippen LogP contribution in [0.15, 0.2) is 24.3 Å². The van der Waals surface area contributed by atoms with Gasteiger partial charge in [-0.1, -0.05) is 0 Å². The Balaban J connectivity index is 2.88. The molecule has 0 aromatic heterocycles. The van der Waals surface area contributed by atoms with Gasteiger partial charge >= 0.3 is 63.3 Å². The van der Waals surface area contributed by atoms with E-state index in [9.17, 15) is 0 Å². The molecule has 1 unspecified atom stereocenters. The van der Waals surface area contributed by atoms with Crippen LogP contribution in [0.3, 0.4) is 0 Å². The van der Waals surface area contributed by atoms with Gasteiger partial charge < -0.3 is 0 Å². The van der Waals surface area contributed by atoms with Crippen molar-refractivity contribution in [2.45, 2.75) is 6.54 Å². The summed E-state index contributed by atoms with van der Waals surface area (Å²) < 4.78 is 1.35. The Hall–Kier alpha value is -0.262. The molecule has 0 radical (unpaired) electrons. The van der Waals surface area contributed by atoms with Gasteiger partial charge in [0.15, 0.2) is 0 Å². The van der Waals surface area contributed by atoms with Gasteiger partial charge in [0, 0.05) is 0 Å². The van der Waals surface area contributed by atoms with E-state index in [2.05, 4.69) is 24.3 Å². The zero-order valence-electron chi connectivity index (χ0n) is 5.17. The topological polar surface area (TPSA) is 26.0 Å². The van der Waals surface area contributed by atoms with Crippen LogP contribution in [-0.2, 0) is 6.54 Å². The fourth-order valence-corrected chi connectivity index (χ4v) is 1.06. The fraction of sp³-hybridized carbons (Fsp3) is 0.143. The standard InChI is InChI=1S/C7H10AsN/c8-7-3-1-6(5-9)2-4-7/h1-4H,5,8-9H2. The van der Waals surface area contributed by atoms with E-state index >= 15 is 0 Å². The number of benzene rings is 1. The van der Waals surface area contributed by atoms with E-state index < -0.39 is 0 Å². The summed E-state index contributed by atoms with van der Waals surface area (Å²) in [7, 11) is 0. The summed E-state index contributed by atoms with van der Waals surface area (Å²) in [6, 6.07) is 8.33. The zero-order valence-corrected chi connectivity index (χ0v) is 7.59. The summed E-state index contributed by atoms with van der Waals surface area (Å²) in [5, 5.41) is 0. The van der Waals surface area contributed by atoms with Crippen molar-refractivity contribution in [2.75, 3.05) is 0 Å². The fourth-order valence-electron chi connectivity index (χ4n) is 0.654. The number of nitrogens with two attached hydrogens (primary N) is 1.